The van der Waals surface area contributed by atoms with Crippen LogP contribution in [0.4, 0.5) is 0 Å². The highest BCUT2D eigenvalue weighted by Gasteiger charge is 2.12. The van der Waals surface area contributed by atoms with E-state index in [9.17, 15) is 4.79 Å². The molecule has 0 N–H and O–H groups in total. The van der Waals surface area contributed by atoms with Crippen LogP contribution in [0.1, 0.15) is 52.4 Å². The fourth-order valence-corrected chi connectivity index (χ4v) is 2.12. The van der Waals surface area contributed by atoms with Crippen molar-refractivity contribution in [2.45, 2.75) is 58.7 Å². The van der Waals surface area contributed by atoms with Crippen LogP contribution in [0.5, 0.6) is 0 Å². The van der Waals surface area contributed by atoms with Crippen molar-refractivity contribution in [1.29, 1.82) is 0 Å². The molecule has 0 aliphatic carbocycles. The molecule has 0 bridgehead atoms. The van der Waals surface area contributed by atoms with Crippen molar-refractivity contribution in [3.8, 4) is 0 Å². The predicted octanol–water partition coefficient (Wildman–Crippen LogP) is 3.77. The minimum absolute atomic E-state index is 0.0727. The second kappa shape index (κ2) is 11.5. The SMILES string of the molecule is CCCCC(=C/C(=O)OCC)/C=C/COC1CCCCO1. The van der Waals surface area contributed by atoms with Gasteiger partial charge in [-0.05, 0) is 44.6 Å². The fourth-order valence-electron chi connectivity index (χ4n) is 2.12. The Morgan fingerprint density at radius 1 is 1.33 bits per heavy atom. The zero-order valence-corrected chi connectivity index (χ0v) is 13.3. The lowest BCUT2D eigenvalue weighted by atomic mass is 10.1. The van der Waals surface area contributed by atoms with Gasteiger partial charge in [-0.2, -0.15) is 0 Å². The average molecular weight is 296 g/mol. The van der Waals surface area contributed by atoms with E-state index >= 15 is 0 Å². The maximum absolute atomic E-state index is 11.5. The molecule has 1 aliphatic heterocycles. The molecule has 0 aromatic carbocycles. The molecule has 0 radical (unpaired) electrons. The zero-order valence-electron chi connectivity index (χ0n) is 13.3. The number of hydrogen-bond acceptors (Lipinski definition) is 4. The predicted molar refractivity (Wildman–Crippen MR) is 82.9 cm³/mol. The molecule has 0 aromatic heterocycles. The summed E-state index contributed by atoms with van der Waals surface area (Å²) in [6, 6.07) is 0. The van der Waals surface area contributed by atoms with Crippen LogP contribution < -0.4 is 0 Å². The van der Waals surface area contributed by atoms with Gasteiger partial charge in [0.1, 0.15) is 0 Å². The van der Waals surface area contributed by atoms with E-state index < -0.39 is 0 Å². The summed E-state index contributed by atoms with van der Waals surface area (Å²) in [6.45, 7) is 5.65. The molecular weight excluding hydrogens is 268 g/mol. The largest absolute Gasteiger partial charge is 0.463 e. The van der Waals surface area contributed by atoms with Gasteiger partial charge in [0, 0.05) is 12.7 Å². The molecule has 120 valence electrons. The Morgan fingerprint density at radius 3 is 2.86 bits per heavy atom. The topological polar surface area (TPSA) is 44.8 Å². The standard InChI is InChI=1S/C17H28O4/c1-3-5-9-15(14-16(18)19-4-2)10-8-13-21-17-11-6-7-12-20-17/h8,10,14,17H,3-7,9,11-13H2,1-2H3/b10-8+,15-14-. The van der Waals surface area contributed by atoms with Crippen molar-refractivity contribution >= 4 is 5.97 Å². The van der Waals surface area contributed by atoms with E-state index in [2.05, 4.69) is 6.92 Å². The zero-order chi connectivity index (χ0) is 15.3. The first-order chi connectivity index (χ1) is 10.3. The maximum Gasteiger partial charge on any atom is 0.331 e. The molecule has 1 rings (SSSR count). The Bertz CT molecular complexity index is 341. The third-order valence-electron chi connectivity index (χ3n) is 3.26. The Hall–Kier alpha value is -1.13. The number of carbonyl (C=O) groups is 1. The summed E-state index contributed by atoms with van der Waals surface area (Å²) in [5.74, 6) is -0.273. The van der Waals surface area contributed by atoms with Gasteiger partial charge >= 0.3 is 5.97 Å². The number of hydrogen-bond donors (Lipinski definition) is 0. The second-order valence-electron chi connectivity index (χ2n) is 5.11. The van der Waals surface area contributed by atoms with Crippen LogP contribution in [0.25, 0.3) is 0 Å². The first kappa shape index (κ1) is 17.9. The summed E-state index contributed by atoms with van der Waals surface area (Å²) in [5.41, 5.74) is 0.989. The van der Waals surface area contributed by atoms with Crippen LogP contribution in [0.2, 0.25) is 0 Å². The van der Waals surface area contributed by atoms with Crippen LogP contribution >= 0.6 is 0 Å². The van der Waals surface area contributed by atoms with Crippen molar-refractivity contribution in [3.05, 3.63) is 23.8 Å². The van der Waals surface area contributed by atoms with Crippen molar-refractivity contribution in [3.63, 3.8) is 0 Å². The molecule has 4 heteroatoms. The summed E-state index contributed by atoms with van der Waals surface area (Å²) in [6.07, 6.45) is 11.7. The van der Waals surface area contributed by atoms with Gasteiger partial charge in [0.05, 0.1) is 13.2 Å². The quantitative estimate of drug-likeness (QED) is 0.369. The Labute approximate surface area is 128 Å². The highest BCUT2D eigenvalue weighted by Crippen LogP contribution is 2.14. The normalized spacial score (nSPS) is 19.9. The summed E-state index contributed by atoms with van der Waals surface area (Å²) in [5, 5.41) is 0. The van der Waals surface area contributed by atoms with E-state index in [1.807, 2.05) is 19.1 Å². The van der Waals surface area contributed by atoms with Crippen molar-refractivity contribution in [2.75, 3.05) is 19.8 Å². The van der Waals surface area contributed by atoms with Crippen LogP contribution in [-0.2, 0) is 19.0 Å². The van der Waals surface area contributed by atoms with Gasteiger partial charge in [-0.3, -0.25) is 0 Å². The third-order valence-corrected chi connectivity index (χ3v) is 3.26. The molecule has 21 heavy (non-hydrogen) atoms. The summed E-state index contributed by atoms with van der Waals surface area (Å²) < 4.78 is 16.1. The van der Waals surface area contributed by atoms with Crippen LogP contribution in [-0.4, -0.2) is 32.1 Å². The van der Waals surface area contributed by atoms with E-state index in [0.29, 0.717) is 13.2 Å². The molecule has 0 amide bonds. The van der Waals surface area contributed by atoms with E-state index in [4.69, 9.17) is 14.2 Å². The number of ether oxygens (including phenoxy) is 3. The summed E-state index contributed by atoms with van der Waals surface area (Å²) in [7, 11) is 0. The minimum Gasteiger partial charge on any atom is -0.463 e. The molecule has 4 nitrogen and oxygen atoms in total. The molecule has 1 unspecified atom stereocenters. The Morgan fingerprint density at radius 2 is 2.19 bits per heavy atom. The average Bonchev–Trinajstić information content (AvgIpc) is 2.50. The van der Waals surface area contributed by atoms with Gasteiger partial charge in [0.15, 0.2) is 6.29 Å². The number of allylic oxidation sites excluding steroid dienone is 2. The van der Waals surface area contributed by atoms with Gasteiger partial charge in [-0.15, -0.1) is 0 Å². The number of esters is 1. The molecular formula is C17H28O4. The maximum atomic E-state index is 11.5. The van der Waals surface area contributed by atoms with E-state index in [-0.39, 0.29) is 12.3 Å². The highest BCUT2D eigenvalue weighted by atomic mass is 16.7. The lowest BCUT2D eigenvalue weighted by Gasteiger charge is -2.21. The van der Waals surface area contributed by atoms with Crippen LogP contribution in [0, 0.1) is 0 Å². The third kappa shape index (κ3) is 8.68. The smallest absolute Gasteiger partial charge is 0.331 e. The Balaban J connectivity index is 2.38. The molecule has 1 saturated heterocycles. The molecule has 1 atom stereocenters. The lowest BCUT2D eigenvalue weighted by Crippen LogP contribution is -2.22. The minimum atomic E-state index is -0.273. The number of carbonyl (C=O) groups excluding carboxylic acids is 1. The number of rotatable bonds is 9. The van der Waals surface area contributed by atoms with Gasteiger partial charge in [-0.25, -0.2) is 4.79 Å². The highest BCUT2D eigenvalue weighted by molar-refractivity contribution is 5.83. The van der Waals surface area contributed by atoms with Gasteiger partial charge in [0.2, 0.25) is 0 Å². The van der Waals surface area contributed by atoms with Crippen LogP contribution in [0.3, 0.4) is 0 Å². The second-order valence-corrected chi connectivity index (χ2v) is 5.11. The first-order valence-corrected chi connectivity index (χ1v) is 8.03. The van der Waals surface area contributed by atoms with Crippen molar-refractivity contribution in [1.82, 2.24) is 0 Å². The fraction of sp³-hybridized carbons (Fsp3) is 0.706. The lowest BCUT2D eigenvalue weighted by molar-refractivity contribution is -0.155. The van der Waals surface area contributed by atoms with E-state index in [0.717, 1.165) is 44.3 Å². The molecule has 0 spiro atoms. The van der Waals surface area contributed by atoms with Crippen molar-refractivity contribution in [2.24, 2.45) is 0 Å². The molecule has 1 heterocycles. The Kier molecular flexibility index (Phi) is 9.83. The summed E-state index contributed by atoms with van der Waals surface area (Å²) in [4.78, 5) is 11.5. The van der Waals surface area contributed by atoms with E-state index in [1.165, 1.54) is 6.42 Å². The van der Waals surface area contributed by atoms with Crippen molar-refractivity contribution < 1.29 is 19.0 Å². The van der Waals surface area contributed by atoms with Gasteiger partial charge in [0.25, 0.3) is 0 Å². The molecule has 1 fully saturated rings. The molecule has 0 saturated carbocycles. The van der Waals surface area contributed by atoms with Gasteiger partial charge in [-0.1, -0.05) is 25.5 Å². The monoisotopic (exact) mass is 296 g/mol. The number of unbranched alkanes of at least 4 members (excludes halogenated alkanes) is 1. The van der Waals surface area contributed by atoms with Crippen LogP contribution in [0.15, 0.2) is 23.8 Å². The summed E-state index contributed by atoms with van der Waals surface area (Å²) >= 11 is 0. The molecule has 0 aromatic rings. The van der Waals surface area contributed by atoms with Gasteiger partial charge < -0.3 is 14.2 Å². The van der Waals surface area contributed by atoms with E-state index in [1.54, 1.807) is 6.08 Å². The molecule has 1 aliphatic rings. The first-order valence-electron chi connectivity index (χ1n) is 8.03.